The monoisotopic (exact) mass is 258 g/mol. The van der Waals surface area contributed by atoms with E-state index in [0.717, 1.165) is 21.9 Å². The number of benzene rings is 1. The molecular formula is C13H11ClN4. The van der Waals surface area contributed by atoms with Crippen molar-refractivity contribution in [2.45, 2.75) is 0 Å². The number of aromatic nitrogens is 3. The SMILES string of the molecule is Cn1cc(-c2cc(Cl)c3cnc(N)cc3c2)cn1. The second kappa shape index (κ2) is 3.99. The Kier molecular flexibility index (Phi) is 2.45. The van der Waals surface area contributed by atoms with Gasteiger partial charge in [-0.1, -0.05) is 11.6 Å². The molecule has 0 aliphatic heterocycles. The smallest absolute Gasteiger partial charge is 0.123 e. The number of pyridine rings is 1. The summed E-state index contributed by atoms with van der Waals surface area (Å²) in [7, 11) is 1.88. The Morgan fingerprint density at radius 3 is 2.72 bits per heavy atom. The van der Waals surface area contributed by atoms with Crippen LogP contribution >= 0.6 is 11.6 Å². The Hall–Kier alpha value is -2.07. The fourth-order valence-corrected chi connectivity index (χ4v) is 2.24. The predicted octanol–water partition coefficient (Wildman–Crippen LogP) is 2.87. The zero-order valence-electron chi connectivity index (χ0n) is 9.76. The molecule has 0 atom stereocenters. The topological polar surface area (TPSA) is 56.7 Å². The van der Waals surface area contributed by atoms with Crippen molar-refractivity contribution in [1.82, 2.24) is 14.8 Å². The van der Waals surface area contributed by atoms with Crippen LogP contribution in [0.15, 0.2) is 36.8 Å². The van der Waals surface area contributed by atoms with Crippen LogP contribution in [0.3, 0.4) is 0 Å². The van der Waals surface area contributed by atoms with Crippen LogP contribution in [0.1, 0.15) is 0 Å². The molecule has 1 aromatic carbocycles. The fourth-order valence-electron chi connectivity index (χ4n) is 1.97. The molecule has 5 heteroatoms. The van der Waals surface area contributed by atoms with Crippen LogP contribution in [0.4, 0.5) is 5.82 Å². The molecule has 3 rings (SSSR count). The number of aryl methyl sites for hydroxylation is 1. The average molecular weight is 259 g/mol. The standard InChI is InChI=1S/C13H11ClN4/c1-18-7-10(5-17-18)8-2-9-4-13(15)16-6-11(9)12(14)3-8/h2-7H,1H3,(H2,15,16). The summed E-state index contributed by atoms with van der Waals surface area (Å²) in [6, 6.07) is 5.77. The third-order valence-corrected chi connectivity index (χ3v) is 3.16. The number of halogens is 1. The lowest BCUT2D eigenvalue weighted by Crippen LogP contribution is -1.89. The summed E-state index contributed by atoms with van der Waals surface area (Å²) >= 11 is 6.26. The van der Waals surface area contributed by atoms with Crippen molar-refractivity contribution in [3.05, 3.63) is 41.8 Å². The molecule has 2 heterocycles. The summed E-state index contributed by atoms with van der Waals surface area (Å²) in [4.78, 5) is 4.05. The highest BCUT2D eigenvalue weighted by Gasteiger charge is 2.06. The lowest BCUT2D eigenvalue weighted by atomic mass is 10.0. The number of nitrogen functional groups attached to an aromatic ring is 1. The first-order valence-electron chi connectivity index (χ1n) is 5.47. The molecule has 0 radical (unpaired) electrons. The molecule has 0 spiro atoms. The van der Waals surface area contributed by atoms with E-state index >= 15 is 0 Å². The van der Waals surface area contributed by atoms with Gasteiger partial charge in [0.1, 0.15) is 5.82 Å². The molecule has 90 valence electrons. The van der Waals surface area contributed by atoms with Crippen molar-refractivity contribution in [3.8, 4) is 11.1 Å². The van der Waals surface area contributed by atoms with E-state index < -0.39 is 0 Å². The van der Waals surface area contributed by atoms with E-state index in [1.54, 1.807) is 10.9 Å². The van der Waals surface area contributed by atoms with Gasteiger partial charge in [0, 0.05) is 30.4 Å². The van der Waals surface area contributed by atoms with E-state index in [2.05, 4.69) is 10.1 Å². The molecule has 0 bridgehead atoms. The van der Waals surface area contributed by atoms with Crippen molar-refractivity contribution in [3.63, 3.8) is 0 Å². The lowest BCUT2D eigenvalue weighted by molar-refractivity contribution is 0.768. The van der Waals surface area contributed by atoms with Crippen molar-refractivity contribution in [2.75, 3.05) is 5.73 Å². The van der Waals surface area contributed by atoms with E-state index in [9.17, 15) is 0 Å². The molecule has 0 saturated carbocycles. The van der Waals surface area contributed by atoms with Gasteiger partial charge in [-0.2, -0.15) is 5.10 Å². The summed E-state index contributed by atoms with van der Waals surface area (Å²) in [6.45, 7) is 0. The molecule has 3 aromatic rings. The van der Waals surface area contributed by atoms with Crippen LogP contribution in [0.5, 0.6) is 0 Å². The van der Waals surface area contributed by atoms with E-state index in [4.69, 9.17) is 17.3 Å². The molecule has 2 N–H and O–H groups in total. The van der Waals surface area contributed by atoms with Gasteiger partial charge >= 0.3 is 0 Å². The quantitative estimate of drug-likeness (QED) is 0.730. The second-order valence-electron chi connectivity index (χ2n) is 4.19. The van der Waals surface area contributed by atoms with Gasteiger partial charge in [-0.15, -0.1) is 0 Å². The molecule has 4 nitrogen and oxygen atoms in total. The van der Waals surface area contributed by atoms with Crippen LogP contribution in [0.25, 0.3) is 21.9 Å². The third kappa shape index (κ3) is 1.80. The highest BCUT2D eigenvalue weighted by Crippen LogP contribution is 2.30. The molecule has 0 aliphatic rings. The molecule has 0 saturated heterocycles. The van der Waals surface area contributed by atoms with Crippen LogP contribution < -0.4 is 5.73 Å². The van der Waals surface area contributed by atoms with Gasteiger partial charge < -0.3 is 5.73 Å². The first-order chi connectivity index (χ1) is 8.63. The minimum absolute atomic E-state index is 0.488. The van der Waals surface area contributed by atoms with Gasteiger partial charge in [-0.05, 0) is 29.1 Å². The van der Waals surface area contributed by atoms with Crippen molar-refractivity contribution in [1.29, 1.82) is 0 Å². The molecule has 18 heavy (non-hydrogen) atoms. The Labute approximate surface area is 109 Å². The molecule has 0 aliphatic carbocycles. The summed E-state index contributed by atoms with van der Waals surface area (Å²) in [5.41, 5.74) is 7.74. The maximum absolute atomic E-state index is 6.26. The summed E-state index contributed by atoms with van der Waals surface area (Å²) < 4.78 is 1.76. The van der Waals surface area contributed by atoms with E-state index in [1.165, 1.54) is 0 Å². The highest BCUT2D eigenvalue weighted by molar-refractivity contribution is 6.35. The van der Waals surface area contributed by atoms with E-state index in [-0.39, 0.29) is 0 Å². The van der Waals surface area contributed by atoms with Gasteiger partial charge in [0.2, 0.25) is 0 Å². The molecule has 0 unspecified atom stereocenters. The molecular weight excluding hydrogens is 248 g/mol. The fraction of sp³-hybridized carbons (Fsp3) is 0.0769. The average Bonchev–Trinajstić information content (AvgIpc) is 2.75. The number of rotatable bonds is 1. The molecule has 0 amide bonds. The maximum atomic E-state index is 6.26. The zero-order chi connectivity index (χ0) is 12.7. The van der Waals surface area contributed by atoms with Gasteiger partial charge in [-0.25, -0.2) is 4.98 Å². The molecule has 2 aromatic heterocycles. The number of hydrogen-bond acceptors (Lipinski definition) is 3. The summed E-state index contributed by atoms with van der Waals surface area (Å²) in [5, 5.41) is 6.70. The number of nitrogens with zero attached hydrogens (tertiary/aromatic N) is 3. The molecule has 0 fully saturated rings. The maximum Gasteiger partial charge on any atom is 0.123 e. The Morgan fingerprint density at radius 1 is 1.17 bits per heavy atom. The second-order valence-corrected chi connectivity index (χ2v) is 4.60. The largest absolute Gasteiger partial charge is 0.384 e. The Balaban J connectivity index is 2.26. The minimum atomic E-state index is 0.488. The van der Waals surface area contributed by atoms with E-state index in [0.29, 0.717) is 10.8 Å². The van der Waals surface area contributed by atoms with Gasteiger partial charge in [-0.3, -0.25) is 4.68 Å². The number of hydrogen-bond donors (Lipinski definition) is 1. The third-order valence-electron chi connectivity index (χ3n) is 2.85. The first kappa shape index (κ1) is 11.0. The minimum Gasteiger partial charge on any atom is -0.384 e. The Bertz CT molecular complexity index is 733. The summed E-state index contributed by atoms with van der Waals surface area (Å²) in [5.74, 6) is 0.488. The zero-order valence-corrected chi connectivity index (χ0v) is 10.5. The van der Waals surface area contributed by atoms with Gasteiger partial charge in [0.15, 0.2) is 0 Å². The van der Waals surface area contributed by atoms with Gasteiger partial charge in [0.05, 0.1) is 11.2 Å². The van der Waals surface area contributed by atoms with Gasteiger partial charge in [0.25, 0.3) is 0 Å². The lowest BCUT2D eigenvalue weighted by Gasteiger charge is -2.05. The predicted molar refractivity (Wildman–Crippen MR) is 73.4 cm³/mol. The van der Waals surface area contributed by atoms with Crippen molar-refractivity contribution >= 4 is 28.2 Å². The number of fused-ring (bicyclic) bond motifs is 1. The first-order valence-corrected chi connectivity index (χ1v) is 5.85. The van der Waals surface area contributed by atoms with Crippen molar-refractivity contribution < 1.29 is 0 Å². The number of anilines is 1. The van der Waals surface area contributed by atoms with Crippen LogP contribution in [-0.4, -0.2) is 14.8 Å². The summed E-state index contributed by atoms with van der Waals surface area (Å²) in [6.07, 6.45) is 5.45. The normalized spacial score (nSPS) is 11.0. The Morgan fingerprint density at radius 2 is 2.00 bits per heavy atom. The van der Waals surface area contributed by atoms with Crippen LogP contribution in [0.2, 0.25) is 5.02 Å². The number of nitrogens with two attached hydrogens (primary N) is 1. The van der Waals surface area contributed by atoms with Crippen LogP contribution in [0, 0.1) is 0 Å². The highest BCUT2D eigenvalue weighted by atomic mass is 35.5. The van der Waals surface area contributed by atoms with Crippen LogP contribution in [-0.2, 0) is 7.05 Å². The van der Waals surface area contributed by atoms with Crippen molar-refractivity contribution in [2.24, 2.45) is 7.05 Å². The van der Waals surface area contributed by atoms with E-state index in [1.807, 2.05) is 37.6 Å².